The minimum absolute atomic E-state index is 0.0461. The van der Waals surface area contributed by atoms with E-state index in [4.69, 9.17) is 14.2 Å². The van der Waals surface area contributed by atoms with Crippen LogP contribution in [-0.2, 0) is 23.8 Å². The molecule has 0 amide bonds. The third-order valence-corrected chi connectivity index (χ3v) is 6.37. The van der Waals surface area contributed by atoms with Crippen LogP contribution in [-0.4, -0.2) is 70.6 Å². The number of ether oxygens (including phenoxy) is 3. The minimum Gasteiger partial charge on any atom is -0.460 e. The third-order valence-electron chi connectivity index (χ3n) is 6.37. The molecule has 3 fully saturated rings. The smallest absolute Gasteiger partial charge is 0.341 e. The Hall–Kier alpha value is -1.44. The number of hydrogen-bond acceptors (Lipinski definition) is 7. The van der Waals surface area contributed by atoms with E-state index in [0.717, 1.165) is 25.1 Å². The maximum absolute atomic E-state index is 13.0. The quantitative estimate of drug-likeness (QED) is 0.499. The SMILES string of the molecule is CC1(C)O[C@]2(C)[C@@H]1C(=O)O[C@@H]1CCN3CC=C(COC(=O)[C@]2(C)O)[C@H]13. The zero-order valence-corrected chi connectivity index (χ0v) is 15.1. The number of esters is 2. The number of carbonyl (C=O) groups is 2. The van der Waals surface area contributed by atoms with Crippen molar-refractivity contribution in [1.29, 1.82) is 0 Å². The molecule has 1 N–H and O–H groups in total. The average Bonchev–Trinajstić information content (AvgIpc) is 3.05. The van der Waals surface area contributed by atoms with Crippen molar-refractivity contribution < 1.29 is 28.9 Å². The molecule has 0 radical (unpaired) electrons. The van der Waals surface area contributed by atoms with Gasteiger partial charge in [-0.3, -0.25) is 9.69 Å². The monoisotopic (exact) mass is 351 g/mol. The van der Waals surface area contributed by atoms with Gasteiger partial charge in [0, 0.05) is 13.1 Å². The second kappa shape index (κ2) is 5.05. The first-order valence-corrected chi connectivity index (χ1v) is 8.81. The minimum atomic E-state index is -1.95. The highest BCUT2D eigenvalue weighted by atomic mass is 16.6. The van der Waals surface area contributed by atoms with E-state index in [9.17, 15) is 14.7 Å². The molecule has 138 valence electrons. The van der Waals surface area contributed by atoms with Crippen molar-refractivity contribution in [2.75, 3.05) is 19.7 Å². The lowest BCUT2D eigenvalue weighted by atomic mass is 9.63. The van der Waals surface area contributed by atoms with Crippen LogP contribution < -0.4 is 0 Å². The van der Waals surface area contributed by atoms with Crippen molar-refractivity contribution in [2.24, 2.45) is 5.92 Å². The Morgan fingerprint density at radius 3 is 2.64 bits per heavy atom. The largest absolute Gasteiger partial charge is 0.460 e. The van der Waals surface area contributed by atoms with Crippen LogP contribution in [0.1, 0.15) is 34.1 Å². The molecule has 4 heterocycles. The van der Waals surface area contributed by atoms with Crippen molar-refractivity contribution in [3.63, 3.8) is 0 Å². The first-order valence-electron chi connectivity index (χ1n) is 8.81. The van der Waals surface area contributed by atoms with Crippen molar-refractivity contribution in [2.45, 2.75) is 63.1 Å². The van der Waals surface area contributed by atoms with Gasteiger partial charge in [0.2, 0.25) is 0 Å². The summed E-state index contributed by atoms with van der Waals surface area (Å²) >= 11 is 0. The molecule has 0 unspecified atom stereocenters. The molecule has 7 heteroatoms. The molecule has 0 aromatic heterocycles. The molecule has 25 heavy (non-hydrogen) atoms. The number of cyclic esters (lactones) is 1. The molecular weight excluding hydrogens is 326 g/mol. The summed E-state index contributed by atoms with van der Waals surface area (Å²) in [6, 6.07) is -0.0461. The van der Waals surface area contributed by atoms with E-state index in [1.807, 2.05) is 6.08 Å². The number of rotatable bonds is 0. The molecule has 0 aromatic carbocycles. The molecule has 0 bridgehead atoms. The summed E-state index contributed by atoms with van der Waals surface area (Å²) in [5.41, 5.74) is -3.24. The van der Waals surface area contributed by atoms with Gasteiger partial charge in [0.1, 0.15) is 24.2 Å². The van der Waals surface area contributed by atoms with Gasteiger partial charge in [-0.2, -0.15) is 0 Å². The van der Waals surface area contributed by atoms with Gasteiger partial charge in [0.15, 0.2) is 5.60 Å². The molecule has 4 aliphatic heterocycles. The lowest BCUT2D eigenvalue weighted by Crippen LogP contribution is -2.77. The van der Waals surface area contributed by atoms with Gasteiger partial charge < -0.3 is 19.3 Å². The second-order valence-corrected chi connectivity index (χ2v) is 8.38. The van der Waals surface area contributed by atoms with Gasteiger partial charge in [-0.05, 0) is 39.7 Å². The van der Waals surface area contributed by atoms with Crippen LogP contribution in [0.5, 0.6) is 0 Å². The van der Waals surface area contributed by atoms with E-state index in [2.05, 4.69) is 4.90 Å². The van der Waals surface area contributed by atoms with Crippen LogP contribution in [0.4, 0.5) is 0 Å². The number of aliphatic hydroxyl groups is 1. The van der Waals surface area contributed by atoms with Crippen LogP contribution in [0.2, 0.25) is 0 Å². The van der Waals surface area contributed by atoms with Crippen LogP contribution in [0.15, 0.2) is 11.6 Å². The fourth-order valence-electron chi connectivity index (χ4n) is 4.99. The van der Waals surface area contributed by atoms with Gasteiger partial charge in [-0.1, -0.05) is 6.08 Å². The molecule has 4 rings (SSSR count). The summed E-state index contributed by atoms with van der Waals surface area (Å²) < 4.78 is 17.1. The maximum atomic E-state index is 13.0. The van der Waals surface area contributed by atoms with E-state index >= 15 is 0 Å². The number of nitrogens with zero attached hydrogens (tertiary/aromatic N) is 1. The van der Waals surface area contributed by atoms with Gasteiger partial charge in [0.05, 0.1) is 11.6 Å². The van der Waals surface area contributed by atoms with Crippen molar-refractivity contribution in [3.05, 3.63) is 11.6 Å². The summed E-state index contributed by atoms with van der Waals surface area (Å²) in [6.07, 6.45) is 2.51. The standard InChI is InChI=1S/C18H25NO6/c1-16(2)13-14(20)24-11-6-8-19-7-5-10(12(11)19)9-23-15(21)17(3,22)18(13,4)25-16/h5,11-13,22H,6-9H2,1-4H3/t11-,12-,13-,17+,18-/m1/s1. The highest BCUT2D eigenvalue weighted by Gasteiger charge is 2.72. The molecular formula is C18H25NO6. The lowest BCUT2D eigenvalue weighted by molar-refractivity contribution is -0.345. The van der Waals surface area contributed by atoms with E-state index < -0.39 is 34.7 Å². The average molecular weight is 351 g/mol. The zero-order chi connectivity index (χ0) is 18.2. The summed E-state index contributed by atoms with van der Waals surface area (Å²) in [6.45, 7) is 8.15. The molecule has 3 saturated heterocycles. The molecule has 0 saturated carbocycles. The van der Waals surface area contributed by atoms with Gasteiger partial charge in [0.25, 0.3) is 0 Å². The molecule has 5 atom stereocenters. The first-order chi connectivity index (χ1) is 11.6. The predicted octanol–water partition coefficient (Wildman–Crippen LogP) is 0.404. The molecule has 7 nitrogen and oxygen atoms in total. The predicted molar refractivity (Wildman–Crippen MR) is 86.6 cm³/mol. The van der Waals surface area contributed by atoms with Gasteiger partial charge in [-0.15, -0.1) is 0 Å². The fourth-order valence-corrected chi connectivity index (χ4v) is 4.99. The van der Waals surface area contributed by atoms with E-state index in [1.54, 1.807) is 20.8 Å². The zero-order valence-electron chi connectivity index (χ0n) is 15.1. The third kappa shape index (κ3) is 2.15. The van der Waals surface area contributed by atoms with E-state index in [-0.39, 0.29) is 18.8 Å². The Labute approximate surface area is 146 Å². The highest BCUT2D eigenvalue weighted by molar-refractivity contribution is 5.85. The first kappa shape index (κ1) is 17.0. The highest BCUT2D eigenvalue weighted by Crippen LogP contribution is 2.54. The Bertz CT molecular complexity index is 668. The Morgan fingerprint density at radius 2 is 1.96 bits per heavy atom. The van der Waals surface area contributed by atoms with Gasteiger partial charge >= 0.3 is 11.9 Å². The topological polar surface area (TPSA) is 85.3 Å². The van der Waals surface area contributed by atoms with E-state index in [0.29, 0.717) is 0 Å². The molecule has 4 aliphatic rings. The van der Waals surface area contributed by atoms with Crippen LogP contribution in [0, 0.1) is 5.92 Å². The van der Waals surface area contributed by atoms with E-state index in [1.165, 1.54) is 6.92 Å². The van der Waals surface area contributed by atoms with Gasteiger partial charge in [-0.25, -0.2) is 4.79 Å². The summed E-state index contributed by atoms with van der Waals surface area (Å²) in [4.78, 5) is 27.8. The normalized spacial score (nSPS) is 46.1. The molecule has 0 aliphatic carbocycles. The summed E-state index contributed by atoms with van der Waals surface area (Å²) in [5.74, 6) is -1.96. The second-order valence-electron chi connectivity index (χ2n) is 8.38. The number of fused-ring (bicyclic) bond motifs is 1. The lowest BCUT2D eigenvalue weighted by Gasteiger charge is -2.60. The van der Waals surface area contributed by atoms with Crippen LogP contribution >= 0.6 is 0 Å². The maximum Gasteiger partial charge on any atom is 0.341 e. The number of hydrogen-bond donors (Lipinski definition) is 1. The summed E-state index contributed by atoms with van der Waals surface area (Å²) in [5, 5.41) is 10.9. The molecule has 0 spiro atoms. The Morgan fingerprint density at radius 1 is 1.24 bits per heavy atom. The van der Waals surface area contributed by atoms with Crippen LogP contribution in [0.25, 0.3) is 0 Å². The number of carbonyl (C=O) groups excluding carboxylic acids is 2. The summed E-state index contributed by atoms with van der Waals surface area (Å²) in [7, 11) is 0. The van der Waals surface area contributed by atoms with Crippen molar-refractivity contribution in [3.8, 4) is 0 Å². The van der Waals surface area contributed by atoms with Crippen LogP contribution in [0.3, 0.4) is 0 Å². The molecule has 0 aromatic rings. The van der Waals surface area contributed by atoms with Crippen molar-refractivity contribution in [1.82, 2.24) is 4.90 Å². The Kier molecular flexibility index (Phi) is 3.43. The Balaban J connectivity index is 1.74. The van der Waals surface area contributed by atoms with Crippen molar-refractivity contribution >= 4 is 11.9 Å². The fraction of sp³-hybridized carbons (Fsp3) is 0.778.